The fraction of sp³-hybridized carbons (Fsp3) is 0.364. The second-order valence-corrected chi connectivity index (χ2v) is 3.37. The van der Waals surface area contributed by atoms with Gasteiger partial charge in [-0.25, -0.2) is 0 Å². The highest BCUT2D eigenvalue weighted by atomic mass is 19.4. The number of rotatable bonds is 2. The number of carbonyl (C=O) groups is 1. The molecular formula is C11H11F3O2. The molecule has 5 heteroatoms. The third-order valence-electron chi connectivity index (χ3n) is 2.30. The Morgan fingerprint density at radius 1 is 1.31 bits per heavy atom. The molecule has 0 amide bonds. The van der Waals surface area contributed by atoms with E-state index in [-0.39, 0.29) is 16.9 Å². The summed E-state index contributed by atoms with van der Waals surface area (Å²) in [6, 6.07) is 2.08. The minimum Gasteiger partial charge on any atom is -0.496 e. The van der Waals surface area contributed by atoms with Gasteiger partial charge < -0.3 is 4.74 Å². The van der Waals surface area contributed by atoms with E-state index in [1.54, 1.807) is 0 Å². The van der Waals surface area contributed by atoms with E-state index in [1.807, 2.05) is 0 Å². The molecule has 16 heavy (non-hydrogen) atoms. The van der Waals surface area contributed by atoms with Crippen molar-refractivity contribution in [3.63, 3.8) is 0 Å². The van der Waals surface area contributed by atoms with E-state index in [2.05, 4.69) is 0 Å². The molecule has 1 aromatic rings. The lowest BCUT2D eigenvalue weighted by atomic mass is 9.98. The van der Waals surface area contributed by atoms with Crippen LogP contribution in [-0.4, -0.2) is 12.9 Å². The van der Waals surface area contributed by atoms with E-state index < -0.39 is 17.5 Å². The smallest absolute Gasteiger partial charge is 0.416 e. The van der Waals surface area contributed by atoms with Gasteiger partial charge in [0.2, 0.25) is 0 Å². The normalized spacial score (nSPS) is 11.4. The predicted octanol–water partition coefficient (Wildman–Crippen LogP) is 3.23. The van der Waals surface area contributed by atoms with Gasteiger partial charge in [0, 0.05) is 0 Å². The van der Waals surface area contributed by atoms with Crippen LogP contribution in [0.3, 0.4) is 0 Å². The minimum atomic E-state index is -4.46. The van der Waals surface area contributed by atoms with Crippen LogP contribution in [0.2, 0.25) is 0 Å². The first-order chi connectivity index (χ1) is 7.29. The molecule has 0 aliphatic heterocycles. The molecule has 0 atom stereocenters. The number of Topliss-reactive ketones (excluding diaryl/α,β-unsaturated/α-hetero) is 1. The molecule has 0 fully saturated rings. The van der Waals surface area contributed by atoms with Crippen LogP contribution in [0.5, 0.6) is 5.75 Å². The summed E-state index contributed by atoms with van der Waals surface area (Å²) in [5, 5.41) is 0. The number of ketones is 1. The van der Waals surface area contributed by atoms with Gasteiger partial charge in [0.1, 0.15) is 5.75 Å². The molecule has 0 bridgehead atoms. The van der Waals surface area contributed by atoms with Crippen molar-refractivity contribution >= 4 is 5.78 Å². The topological polar surface area (TPSA) is 26.3 Å². The third kappa shape index (κ3) is 2.18. The van der Waals surface area contributed by atoms with Crippen LogP contribution in [0.1, 0.15) is 28.4 Å². The maximum absolute atomic E-state index is 12.6. The first-order valence-electron chi connectivity index (χ1n) is 4.54. The van der Waals surface area contributed by atoms with E-state index in [0.29, 0.717) is 0 Å². The molecule has 0 aromatic heterocycles. The van der Waals surface area contributed by atoms with Gasteiger partial charge in [-0.1, -0.05) is 0 Å². The van der Waals surface area contributed by atoms with Gasteiger partial charge in [0.15, 0.2) is 5.78 Å². The number of alkyl halides is 3. The monoisotopic (exact) mass is 232 g/mol. The van der Waals surface area contributed by atoms with E-state index >= 15 is 0 Å². The van der Waals surface area contributed by atoms with Crippen LogP contribution in [0.25, 0.3) is 0 Å². The number of benzene rings is 1. The van der Waals surface area contributed by atoms with Gasteiger partial charge in [0.25, 0.3) is 0 Å². The van der Waals surface area contributed by atoms with Crippen molar-refractivity contribution in [2.24, 2.45) is 0 Å². The first-order valence-corrected chi connectivity index (χ1v) is 4.54. The zero-order chi connectivity index (χ0) is 12.5. The van der Waals surface area contributed by atoms with Crippen LogP contribution in [-0.2, 0) is 6.18 Å². The standard InChI is InChI=1S/C11H11F3O2/c1-6-8(11(12,13)14)4-5-9(16-3)10(6)7(2)15/h4-5H,1-3H3. The second-order valence-electron chi connectivity index (χ2n) is 3.37. The lowest BCUT2D eigenvalue weighted by Crippen LogP contribution is -2.11. The summed E-state index contributed by atoms with van der Waals surface area (Å²) in [4.78, 5) is 11.3. The SMILES string of the molecule is COc1ccc(C(F)(F)F)c(C)c1C(C)=O. The van der Waals surface area contributed by atoms with Crippen molar-refractivity contribution in [2.75, 3.05) is 7.11 Å². The molecule has 0 aliphatic rings. The van der Waals surface area contributed by atoms with Crippen LogP contribution in [0.15, 0.2) is 12.1 Å². The Balaban J connectivity index is 3.50. The van der Waals surface area contributed by atoms with Crippen molar-refractivity contribution in [1.29, 1.82) is 0 Å². The summed E-state index contributed by atoms with van der Waals surface area (Å²) in [5.74, 6) is -0.279. The van der Waals surface area contributed by atoms with Crippen molar-refractivity contribution in [3.05, 3.63) is 28.8 Å². The summed E-state index contributed by atoms with van der Waals surface area (Å²) >= 11 is 0. The molecule has 0 saturated carbocycles. The van der Waals surface area contributed by atoms with Gasteiger partial charge in [-0.05, 0) is 31.5 Å². The van der Waals surface area contributed by atoms with Crippen LogP contribution < -0.4 is 4.74 Å². The fourth-order valence-electron chi connectivity index (χ4n) is 1.60. The average Bonchev–Trinajstić information content (AvgIpc) is 2.14. The Hall–Kier alpha value is -1.52. The Morgan fingerprint density at radius 3 is 2.25 bits per heavy atom. The van der Waals surface area contributed by atoms with Crippen molar-refractivity contribution < 1.29 is 22.7 Å². The van der Waals surface area contributed by atoms with Gasteiger partial charge in [0.05, 0.1) is 18.2 Å². The van der Waals surface area contributed by atoms with Crippen LogP contribution in [0.4, 0.5) is 13.2 Å². The predicted molar refractivity (Wildman–Crippen MR) is 52.7 cm³/mol. The fourth-order valence-corrected chi connectivity index (χ4v) is 1.60. The molecule has 0 radical (unpaired) electrons. The van der Waals surface area contributed by atoms with E-state index in [0.717, 1.165) is 12.1 Å². The molecule has 0 spiro atoms. The molecule has 2 nitrogen and oxygen atoms in total. The molecule has 1 rings (SSSR count). The van der Waals surface area contributed by atoms with E-state index in [1.165, 1.54) is 21.0 Å². The summed E-state index contributed by atoms with van der Waals surface area (Å²) < 4.78 is 42.6. The largest absolute Gasteiger partial charge is 0.496 e. The Labute approximate surface area is 91.0 Å². The number of halogens is 3. The number of hydrogen-bond donors (Lipinski definition) is 0. The number of carbonyl (C=O) groups excluding carboxylic acids is 1. The molecule has 0 N–H and O–H groups in total. The van der Waals surface area contributed by atoms with Crippen molar-refractivity contribution in [1.82, 2.24) is 0 Å². The highest BCUT2D eigenvalue weighted by Crippen LogP contribution is 2.36. The van der Waals surface area contributed by atoms with Crippen molar-refractivity contribution in [2.45, 2.75) is 20.0 Å². The van der Waals surface area contributed by atoms with Crippen LogP contribution in [0, 0.1) is 6.92 Å². The summed E-state index contributed by atoms with van der Waals surface area (Å²) in [5.41, 5.74) is -0.921. The average molecular weight is 232 g/mol. The molecule has 0 aliphatic carbocycles. The second kappa shape index (κ2) is 4.15. The van der Waals surface area contributed by atoms with E-state index in [4.69, 9.17) is 4.74 Å². The van der Waals surface area contributed by atoms with Crippen LogP contribution >= 0.6 is 0 Å². The lowest BCUT2D eigenvalue weighted by molar-refractivity contribution is -0.138. The lowest BCUT2D eigenvalue weighted by Gasteiger charge is -2.15. The Morgan fingerprint density at radius 2 is 1.88 bits per heavy atom. The summed E-state index contributed by atoms with van der Waals surface area (Å²) in [7, 11) is 1.31. The first kappa shape index (κ1) is 12.5. The summed E-state index contributed by atoms with van der Waals surface area (Å²) in [6.45, 7) is 2.48. The number of methoxy groups -OCH3 is 1. The molecule has 0 unspecified atom stereocenters. The van der Waals surface area contributed by atoms with Crippen molar-refractivity contribution in [3.8, 4) is 5.75 Å². The van der Waals surface area contributed by atoms with Gasteiger partial charge in [-0.3, -0.25) is 4.79 Å². The quantitative estimate of drug-likeness (QED) is 0.732. The van der Waals surface area contributed by atoms with Gasteiger partial charge >= 0.3 is 6.18 Å². The molecule has 0 saturated heterocycles. The maximum atomic E-state index is 12.6. The number of ether oxygens (including phenoxy) is 1. The summed E-state index contributed by atoms with van der Waals surface area (Å²) in [6.07, 6.45) is -4.46. The highest BCUT2D eigenvalue weighted by Gasteiger charge is 2.34. The molecule has 88 valence electrons. The molecule has 1 aromatic carbocycles. The zero-order valence-electron chi connectivity index (χ0n) is 9.11. The Bertz CT molecular complexity index is 422. The molecular weight excluding hydrogens is 221 g/mol. The maximum Gasteiger partial charge on any atom is 0.416 e. The Kier molecular flexibility index (Phi) is 3.26. The highest BCUT2D eigenvalue weighted by molar-refractivity contribution is 5.98. The number of hydrogen-bond acceptors (Lipinski definition) is 2. The minimum absolute atomic E-state index is 0.0164. The van der Waals surface area contributed by atoms with E-state index in [9.17, 15) is 18.0 Å². The zero-order valence-corrected chi connectivity index (χ0v) is 9.11. The van der Waals surface area contributed by atoms with Gasteiger partial charge in [-0.2, -0.15) is 13.2 Å². The third-order valence-corrected chi connectivity index (χ3v) is 2.30. The van der Waals surface area contributed by atoms with Gasteiger partial charge in [-0.15, -0.1) is 0 Å². The molecule has 0 heterocycles.